The molecule has 0 unspecified atom stereocenters. The summed E-state index contributed by atoms with van der Waals surface area (Å²) in [6.07, 6.45) is 3.28. The Balaban J connectivity index is 2.13. The van der Waals surface area contributed by atoms with E-state index in [0.717, 1.165) is 25.1 Å². The van der Waals surface area contributed by atoms with Gasteiger partial charge in [-0.05, 0) is 56.2 Å². The highest BCUT2D eigenvalue weighted by atomic mass is 16.3. The van der Waals surface area contributed by atoms with Crippen LogP contribution < -0.4 is 0 Å². The van der Waals surface area contributed by atoms with E-state index < -0.39 is 0 Å². The molecule has 1 heterocycles. The van der Waals surface area contributed by atoms with Crippen LogP contribution in [0.1, 0.15) is 12.0 Å². The third kappa shape index (κ3) is 2.87. The molecule has 3 heteroatoms. The van der Waals surface area contributed by atoms with Crippen LogP contribution in [0.2, 0.25) is 0 Å². The van der Waals surface area contributed by atoms with Crippen LogP contribution in [0, 0.1) is 0 Å². The number of rotatable bonds is 5. The summed E-state index contributed by atoms with van der Waals surface area (Å²) in [5.41, 5.74) is 2.23. The Morgan fingerprint density at radius 2 is 2.06 bits per heavy atom. The molecular formula is C14H20N2O. The van der Waals surface area contributed by atoms with E-state index >= 15 is 0 Å². The van der Waals surface area contributed by atoms with Gasteiger partial charge in [0.25, 0.3) is 0 Å². The van der Waals surface area contributed by atoms with E-state index in [1.165, 1.54) is 10.9 Å². The van der Waals surface area contributed by atoms with Crippen molar-refractivity contribution in [1.29, 1.82) is 0 Å². The molecule has 1 aromatic heterocycles. The van der Waals surface area contributed by atoms with Crippen LogP contribution in [0.3, 0.4) is 0 Å². The van der Waals surface area contributed by atoms with Gasteiger partial charge >= 0.3 is 0 Å². The molecular weight excluding hydrogens is 212 g/mol. The normalized spacial score (nSPS) is 11.5. The van der Waals surface area contributed by atoms with Crippen LogP contribution >= 0.6 is 0 Å². The third-order valence-corrected chi connectivity index (χ3v) is 3.02. The van der Waals surface area contributed by atoms with Crippen molar-refractivity contribution in [2.45, 2.75) is 19.6 Å². The zero-order chi connectivity index (χ0) is 12.3. The maximum absolute atomic E-state index is 9.09. The maximum Gasteiger partial charge on any atom is 0.0682 e. The van der Waals surface area contributed by atoms with E-state index in [2.05, 4.69) is 48.0 Å². The van der Waals surface area contributed by atoms with Crippen molar-refractivity contribution in [3.05, 3.63) is 36.0 Å². The lowest BCUT2D eigenvalue weighted by molar-refractivity contribution is 0.282. The van der Waals surface area contributed by atoms with Gasteiger partial charge in [-0.2, -0.15) is 0 Å². The van der Waals surface area contributed by atoms with E-state index in [0.29, 0.717) is 0 Å². The Morgan fingerprint density at radius 1 is 1.24 bits per heavy atom. The molecule has 0 radical (unpaired) electrons. The Kier molecular flexibility index (Phi) is 3.82. The van der Waals surface area contributed by atoms with Gasteiger partial charge in [-0.1, -0.05) is 6.07 Å². The Morgan fingerprint density at radius 3 is 2.76 bits per heavy atom. The maximum atomic E-state index is 9.09. The quantitative estimate of drug-likeness (QED) is 0.855. The molecule has 1 N–H and O–H groups in total. The Hall–Kier alpha value is -1.32. The van der Waals surface area contributed by atoms with Crippen LogP contribution in [0.5, 0.6) is 0 Å². The lowest BCUT2D eigenvalue weighted by atomic mass is 10.2. The third-order valence-electron chi connectivity index (χ3n) is 3.02. The van der Waals surface area contributed by atoms with Crippen LogP contribution in [0.15, 0.2) is 30.5 Å². The van der Waals surface area contributed by atoms with Crippen molar-refractivity contribution >= 4 is 10.9 Å². The minimum Gasteiger partial charge on any atom is -0.392 e. The molecule has 0 fully saturated rings. The molecule has 2 rings (SSSR count). The van der Waals surface area contributed by atoms with Gasteiger partial charge in [0.15, 0.2) is 0 Å². The van der Waals surface area contributed by atoms with Crippen molar-refractivity contribution in [1.82, 2.24) is 9.47 Å². The van der Waals surface area contributed by atoms with Gasteiger partial charge in [0.05, 0.1) is 6.61 Å². The fourth-order valence-corrected chi connectivity index (χ4v) is 2.10. The van der Waals surface area contributed by atoms with Gasteiger partial charge in [0.1, 0.15) is 0 Å². The first-order valence-corrected chi connectivity index (χ1v) is 6.04. The zero-order valence-electron chi connectivity index (χ0n) is 10.6. The number of fused-ring (bicyclic) bond motifs is 1. The number of aliphatic hydroxyl groups excluding tert-OH is 1. The first-order valence-electron chi connectivity index (χ1n) is 6.04. The van der Waals surface area contributed by atoms with Crippen LogP contribution in [0.4, 0.5) is 0 Å². The molecule has 2 aromatic rings. The number of nitrogens with zero attached hydrogens (tertiary/aromatic N) is 2. The summed E-state index contributed by atoms with van der Waals surface area (Å²) in [7, 11) is 4.20. The summed E-state index contributed by atoms with van der Waals surface area (Å²) in [6.45, 7) is 2.26. The first-order chi connectivity index (χ1) is 8.20. The second-order valence-corrected chi connectivity index (χ2v) is 4.72. The van der Waals surface area contributed by atoms with E-state index in [1.54, 1.807) is 0 Å². The van der Waals surface area contributed by atoms with Crippen LogP contribution in [0.25, 0.3) is 10.9 Å². The van der Waals surface area contributed by atoms with E-state index in [1.807, 2.05) is 6.07 Å². The molecule has 0 aliphatic rings. The molecule has 0 saturated carbocycles. The molecule has 17 heavy (non-hydrogen) atoms. The highest BCUT2D eigenvalue weighted by molar-refractivity contribution is 5.80. The number of hydrogen-bond acceptors (Lipinski definition) is 2. The molecule has 3 nitrogen and oxygen atoms in total. The van der Waals surface area contributed by atoms with Crippen molar-refractivity contribution in [3.63, 3.8) is 0 Å². The number of aliphatic hydroxyl groups is 1. The van der Waals surface area contributed by atoms with E-state index in [4.69, 9.17) is 5.11 Å². The van der Waals surface area contributed by atoms with Gasteiger partial charge in [-0.15, -0.1) is 0 Å². The largest absolute Gasteiger partial charge is 0.392 e. The van der Waals surface area contributed by atoms with Crippen molar-refractivity contribution < 1.29 is 5.11 Å². The Bertz CT molecular complexity index is 488. The van der Waals surface area contributed by atoms with Crippen LogP contribution in [-0.4, -0.2) is 35.2 Å². The van der Waals surface area contributed by atoms with Crippen molar-refractivity contribution in [2.24, 2.45) is 0 Å². The first kappa shape index (κ1) is 12.1. The average molecular weight is 232 g/mol. The van der Waals surface area contributed by atoms with Crippen molar-refractivity contribution in [3.8, 4) is 0 Å². The summed E-state index contributed by atoms with van der Waals surface area (Å²) < 4.78 is 2.28. The lowest BCUT2D eigenvalue weighted by Crippen LogP contribution is -2.14. The molecule has 1 aromatic carbocycles. The predicted octanol–water partition coefficient (Wildman–Crippen LogP) is 2.09. The van der Waals surface area contributed by atoms with Gasteiger partial charge in [0, 0.05) is 18.3 Å². The summed E-state index contributed by atoms with van der Waals surface area (Å²) in [6, 6.07) is 8.25. The second kappa shape index (κ2) is 5.34. The lowest BCUT2D eigenvalue weighted by Gasteiger charge is -2.10. The molecule has 0 bridgehead atoms. The SMILES string of the molecule is CN(C)CCCn1ccc2cc(CO)ccc21. The summed E-state index contributed by atoms with van der Waals surface area (Å²) in [4.78, 5) is 2.20. The Labute approximate surface area is 102 Å². The smallest absolute Gasteiger partial charge is 0.0682 e. The standard InChI is InChI=1S/C14H20N2O/c1-15(2)7-3-8-16-9-6-13-10-12(11-17)4-5-14(13)16/h4-6,9-10,17H,3,7-8,11H2,1-2H3. The van der Waals surface area contributed by atoms with Crippen molar-refractivity contribution in [2.75, 3.05) is 20.6 Å². The topological polar surface area (TPSA) is 28.4 Å². The summed E-state index contributed by atoms with van der Waals surface area (Å²) in [5.74, 6) is 0. The summed E-state index contributed by atoms with van der Waals surface area (Å²) in [5, 5.41) is 10.3. The highest BCUT2D eigenvalue weighted by Gasteiger charge is 2.02. The van der Waals surface area contributed by atoms with E-state index in [9.17, 15) is 0 Å². The monoisotopic (exact) mass is 232 g/mol. The molecule has 0 amide bonds. The van der Waals surface area contributed by atoms with Crippen LogP contribution in [-0.2, 0) is 13.2 Å². The molecule has 0 aliphatic carbocycles. The molecule has 0 spiro atoms. The summed E-state index contributed by atoms with van der Waals surface area (Å²) >= 11 is 0. The molecule has 0 saturated heterocycles. The predicted molar refractivity (Wildman–Crippen MR) is 71.0 cm³/mol. The van der Waals surface area contributed by atoms with Gasteiger partial charge in [-0.25, -0.2) is 0 Å². The number of aryl methyl sites for hydroxylation is 1. The molecule has 0 aliphatic heterocycles. The fraction of sp³-hybridized carbons (Fsp3) is 0.429. The second-order valence-electron chi connectivity index (χ2n) is 4.72. The zero-order valence-corrected chi connectivity index (χ0v) is 10.6. The number of benzene rings is 1. The average Bonchev–Trinajstić information content (AvgIpc) is 2.71. The van der Waals surface area contributed by atoms with E-state index in [-0.39, 0.29) is 6.61 Å². The molecule has 92 valence electrons. The fourth-order valence-electron chi connectivity index (χ4n) is 2.10. The minimum atomic E-state index is 0.113. The van der Waals surface area contributed by atoms with Gasteiger partial charge < -0.3 is 14.6 Å². The molecule has 0 atom stereocenters. The minimum absolute atomic E-state index is 0.113. The van der Waals surface area contributed by atoms with Gasteiger partial charge in [0.2, 0.25) is 0 Å². The number of hydrogen-bond donors (Lipinski definition) is 1. The van der Waals surface area contributed by atoms with Gasteiger partial charge in [-0.3, -0.25) is 0 Å². The highest BCUT2D eigenvalue weighted by Crippen LogP contribution is 2.18. The number of aromatic nitrogens is 1.